The van der Waals surface area contributed by atoms with E-state index in [0.29, 0.717) is 18.0 Å². The largest absolute Gasteiger partial charge is 0.323 e. The van der Waals surface area contributed by atoms with Crippen LogP contribution in [0.2, 0.25) is 0 Å². The fourth-order valence-corrected chi connectivity index (χ4v) is 5.64. The van der Waals surface area contributed by atoms with Gasteiger partial charge in [-0.25, -0.2) is 9.78 Å². The maximum atomic E-state index is 12.7. The highest BCUT2D eigenvalue weighted by Gasteiger charge is 2.36. The van der Waals surface area contributed by atoms with Gasteiger partial charge in [0.1, 0.15) is 0 Å². The number of hydrogen-bond acceptors (Lipinski definition) is 4. The first-order valence-electron chi connectivity index (χ1n) is 9.61. The van der Waals surface area contributed by atoms with E-state index >= 15 is 0 Å². The van der Waals surface area contributed by atoms with Crippen LogP contribution < -0.4 is 10.6 Å². The predicted molar refractivity (Wildman–Crippen MR) is 104 cm³/mol. The van der Waals surface area contributed by atoms with Gasteiger partial charge >= 0.3 is 6.03 Å². The number of piperidine rings is 2. The zero-order chi connectivity index (χ0) is 17.5. The third-order valence-corrected chi connectivity index (χ3v) is 7.07. The number of piperazine rings is 1. The highest BCUT2D eigenvalue weighted by Crippen LogP contribution is 2.37. The minimum absolute atomic E-state index is 0.0203. The third kappa shape index (κ3) is 3.01. The number of benzene rings is 1. The number of carbonyl (C=O) groups is 1. The number of nitrogens with zero attached hydrogens (tertiary/aromatic N) is 2. The van der Waals surface area contributed by atoms with E-state index in [1.807, 2.05) is 4.90 Å². The fraction of sp³-hybridized carbons (Fsp3) is 0.500. The molecule has 3 fully saturated rings. The summed E-state index contributed by atoms with van der Waals surface area (Å²) in [4.78, 5) is 20.8. The molecule has 4 heterocycles. The second-order valence-corrected chi connectivity index (χ2v) is 8.74. The first-order chi connectivity index (χ1) is 12.8. The van der Waals surface area contributed by atoms with Gasteiger partial charge in [-0.05, 0) is 43.6 Å². The Labute approximate surface area is 157 Å². The van der Waals surface area contributed by atoms with E-state index in [4.69, 9.17) is 4.98 Å². The topological polar surface area (TPSA) is 57.3 Å². The minimum atomic E-state index is 0.0203. The molecule has 3 unspecified atom stereocenters. The molecule has 2 amide bonds. The Morgan fingerprint density at radius 1 is 1.23 bits per heavy atom. The maximum absolute atomic E-state index is 12.7. The Balaban J connectivity index is 1.28. The van der Waals surface area contributed by atoms with Gasteiger partial charge in [0.2, 0.25) is 0 Å². The summed E-state index contributed by atoms with van der Waals surface area (Å²) >= 11 is 1.66. The summed E-state index contributed by atoms with van der Waals surface area (Å²) in [6.45, 7) is 1.74. The van der Waals surface area contributed by atoms with Crippen molar-refractivity contribution >= 4 is 22.5 Å². The van der Waals surface area contributed by atoms with Crippen LogP contribution in [0, 0.1) is 0 Å². The summed E-state index contributed by atoms with van der Waals surface area (Å²) < 4.78 is 0. The van der Waals surface area contributed by atoms with Gasteiger partial charge in [0.25, 0.3) is 0 Å². The van der Waals surface area contributed by atoms with Crippen molar-refractivity contribution in [2.75, 3.05) is 18.4 Å². The van der Waals surface area contributed by atoms with E-state index in [0.717, 1.165) is 43.9 Å². The van der Waals surface area contributed by atoms with Crippen LogP contribution >= 0.6 is 11.3 Å². The minimum Gasteiger partial charge on any atom is -0.319 e. The number of aromatic nitrogens is 1. The van der Waals surface area contributed by atoms with E-state index in [2.05, 4.69) is 41.0 Å². The van der Waals surface area contributed by atoms with E-state index in [1.54, 1.807) is 11.3 Å². The van der Waals surface area contributed by atoms with E-state index in [-0.39, 0.29) is 6.03 Å². The average Bonchev–Trinajstić information content (AvgIpc) is 3.11. The van der Waals surface area contributed by atoms with Crippen molar-refractivity contribution in [3.63, 3.8) is 0 Å². The molecule has 0 spiro atoms. The van der Waals surface area contributed by atoms with Crippen molar-refractivity contribution < 1.29 is 4.79 Å². The van der Waals surface area contributed by atoms with Crippen LogP contribution in [-0.4, -0.2) is 41.1 Å². The van der Waals surface area contributed by atoms with Crippen LogP contribution in [0.3, 0.4) is 0 Å². The Kier molecular flexibility index (Phi) is 4.17. The second-order valence-electron chi connectivity index (χ2n) is 7.66. The van der Waals surface area contributed by atoms with Crippen molar-refractivity contribution in [2.24, 2.45) is 0 Å². The van der Waals surface area contributed by atoms with Gasteiger partial charge < -0.3 is 10.2 Å². The van der Waals surface area contributed by atoms with Gasteiger partial charge in [-0.2, -0.15) is 0 Å². The number of rotatable bonds is 2. The lowest BCUT2D eigenvalue weighted by Gasteiger charge is -2.45. The van der Waals surface area contributed by atoms with E-state index in [9.17, 15) is 4.79 Å². The molecule has 2 bridgehead atoms. The summed E-state index contributed by atoms with van der Waals surface area (Å²) in [5.41, 5.74) is 2.59. The SMILES string of the molecule is O=C(Nc1nc2c(s1)CC(c1ccccc1)CC2)N1CC2CCC1CN2. The summed E-state index contributed by atoms with van der Waals surface area (Å²) in [7, 11) is 0. The molecule has 136 valence electrons. The molecule has 1 aromatic heterocycles. The summed E-state index contributed by atoms with van der Waals surface area (Å²) in [5.74, 6) is 0.566. The maximum Gasteiger partial charge on any atom is 0.323 e. The molecule has 2 N–H and O–H groups in total. The quantitative estimate of drug-likeness (QED) is 0.854. The molecule has 6 rings (SSSR count). The Morgan fingerprint density at radius 3 is 2.85 bits per heavy atom. The standard InChI is InChI=1S/C20H24N4OS/c25-20(24-12-15-7-8-16(24)11-21-15)23-19-22-17-9-6-14(10-18(17)26-19)13-4-2-1-3-5-13/h1-5,14-16,21H,6-12H2,(H,22,23,25). The first-order valence-corrected chi connectivity index (χ1v) is 10.4. The fourth-order valence-electron chi connectivity index (χ4n) is 4.56. The summed E-state index contributed by atoms with van der Waals surface area (Å²) in [6, 6.07) is 11.6. The lowest BCUT2D eigenvalue weighted by atomic mass is 9.85. The number of amides is 2. The van der Waals surface area contributed by atoms with E-state index in [1.165, 1.54) is 22.6 Å². The van der Waals surface area contributed by atoms with Gasteiger partial charge in [-0.15, -0.1) is 11.3 Å². The van der Waals surface area contributed by atoms with Crippen LogP contribution in [-0.2, 0) is 12.8 Å². The van der Waals surface area contributed by atoms with Gasteiger partial charge in [0, 0.05) is 30.1 Å². The Bertz CT molecular complexity index is 797. The molecule has 0 saturated carbocycles. The van der Waals surface area contributed by atoms with Crippen molar-refractivity contribution in [1.82, 2.24) is 15.2 Å². The summed E-state index contributed by atoms with van der Waals surface area (Å²) in [5, 5.41) is 7.33. The number of anilines is 1. The van der Waals surface area contributed by atoms with Crippen LogP contribution in [0.1, 0.15) is 41.3 Å². The van der Waals surface area contributed by atoms with Crippen LogP contribution in [0.15, 0.2) is 30.3 Å². The number of urea groups is 1. The molecular weight excluding hydrogens is 344 g/mol. The molecule has 26 heavy (non-hydrogen) atoms. The van der Waals surface area contributed by atoms with Gasteiger partial charge in [0.15, 0.2) is 5.13 Å². The molecule has 3 atom stereocenters. The first kappa shape index (κ1) is 16.3. The zero-order valence-electron chi connectivity index (χ0n) is 14.8. The monoisotopic (exact) mass is 368 g/mol. The number of thiazole rings is 1. The van der Waals surface area contributed by atoms with Crippen molar-refractivity contribution in [3.05, 3.63) is 46.5 Å². The predicted octanol–water partition coefficient (Wildman–Crippen LogP) is 3.38. The molecule has 0 radical (unpaired) electrons. The van der Waals surface area contributed by atoms with Gasteiger partial charge in [-0.1, -0.05) is 30.3 Å². The molecule has 3 aliphatic heterocycles. The lowest BCUT2D eigenvalue weighted by Crippen LogP contribution is -2.63. The molecule has 1 aromatic carbocycles. The van der Waals surface area contributed by atoms with Crippen molar-refractivity contribution in [3.8, 4) is 0 Å². The average molecular weight is 369 g/mol. The lowest BCUT2D eigenvalue weighted by molar-refractivity contribution is 0.106. The van der Waals surface area contributed by atoms with Crippen LogP contribution in [0.5, 0.6) is 0 Å². The van der Waals surface area contributed by atoms with Gasteiger partial charge in [0.05, 0.1) is 5.69 Å². The molecule has 2 aromatic rings. The van der Waals surface area contributed by atoms with E-state index < -0.39 is 0 Å². The van der Waals surface area contributed by atoms with Crippen molar-refractivity contribution in [1.29, 1.82) is 0 Å². The number of carbonyl (C=O) groups excluding carboxylic acids is 1. The molecule has 3 saturated heterocycles. The number of fused-ring (bicyclic) bond motifs is 4. The smallest absolute Gasteiger partial charge is 0.319 e. The van der Waals surface area contributed by atoms with Gasteiger partial charge in [-0.3, -0.25) is 5.32 Å². The normalized spacial score (nSPS) is 27.2. The van der Waals surface area contributed by atoms with Crippen molar-refractivity contribution in [2.45, 2.75) is 50.1 Å². The zero-order valence-corrected chi connectivity index (χ0v) is 15.6. The highest BCUT2D eigenvalue weighted by atomic mass is 32.1. The number of nitrogens with one attached hydrogen (secondary N) is 2. The summed E-state index contributed by atoms with van der Waals surface area (Å²) in [6.07, 6.45) is 5.46. The molecule has 5 nitrogen and oxygen atoms in total. The number of hydrogen-bond donors (Lipinski definition) is 2. The molecule has 6 heteroatoms. The third-order valence-electron chi connectivity index (χ3n) is 6.03. The molecule has 1 aliphatic carbocycles. The van der Waals surface area contributed by atoms with Crippen LogP contribution in [0.4, 0.5) is 9.93 Å². The molecular formula is C20H24N4OS. The van der Waals surface area contributed by atoms with Crippen LogP contribution in [0.25, 0.3) is 0 Å². The second kappa shape index (κ2) is 6.67. The Morgan fingerprint density at radius 2 is 2.12 bits per heavy atom. The molecule has 4 aliphatic rings. The number of aryl methyl sites for hydroxylation is 1. The Hall–Kier alpha value is -1.92. The highest BCUT2D eigenvalue weighted by molar-refractivity contribution is 7.15.